The van der Waals surface area contributed by atoms with Crippen LogP contribution in [0.4, 0.5) is 0 Å². The van der Waals surface area contributed by atoms with Crippen molar-refractivity contribution in [1.29, 1.82) is 0 Å². The molecule has 0 bridgehead atoms. The molecule has 1 aliphatic rings. The molecule has 18 heavy (non-hydrogen) atoms. The highest BCUT2D eigenvalue weighted by Crippen LogP contribution is 2.16. The van der Waals surface area contributed by atoms with Crippen molar-refractivity contribution < 1.29 is 9.59 Å². The van der Waals surface area contributed by atoms with Crippen LogP contribution in [0.3, 0.4) is 0 Å². The Hall–Kier alpha value is -1.06. The van der Waals surface area contributed by atoms with Crippen LogP contribution >= 0.6 is 0 Å². The zero-order chi connectivity index (χ0) is 13.7. The van der Waals surface area contributed by atoms with Crippen LogP contribution in [0.1, 0.15) is 53.4 Å². The Balaban J connectivity index is 2.66. The summed E-state index contributed by atoms with van der Waals surface area (Å²) in [6.45, 7) is 8.96. The van der Waals surface area contributed by atoms with E-state index in [-0.39, 0.29) is 23.9 Å². The highest BCUT2D eigenvalue weighted by Gasteiger charge is 2.30. The van der Waals surface area contributed by atoms with E-state index in [1.165, 1.54) is 0 Å². The predicted octanol–water partition coefficient (Wildman–Crippen LogP) is 1.94. The third kappa shape index (κ3) is 4.00. The molecule has 0 aromatic carbocycles. The largest absolute Gasteiger partial charge is 0.344 e. The van der Waals surface area contributed by atoms with Crippen LogP contribution in [-0.2, 0) is 9.59 Å². The zero-order valence-electron chi connectivity index (χ0n) is 12.0. The molecule has 2 amide bonds. The van der Waals surface area contributed by atoms with E-state index >= 15 is 0 Å². The summed E-state index contributed by atoms with van der Waals surface area (Å²) < 4.78 is 0. The number of rotatable bonds is 5. The molecule has 4 nitrogen and oxygen atoms in total. The SMILES string of the molecule is CCC1NC(=O)CCN(C(C)CCC(C)C)C1=O. The maximum absolute atomic E-state index is 12.3. The molecular weight excluding hydrogens is 228 g/mol. The van der Waals surface area contributed by atoms with Crippen molar-refractivity contribution >= 4 is 11.8 Å². The molecule has 1 rings (SSSR count). The number of carbonyl (C=O) groups is 2. The van der Waals surface area contributed by atoms with Gasteiger partial charge >= 0.3 is 0 Å². The Labute approximate surface area is 110 Å². The van der Waals surface area contributed by atoms with E-state index in [1.807, 2.05) is 11.8 Å². The Morgan fingerprint density at radius 2 is 1.94 bits per heavy atom. The molecule has 0 aromatic heterocycles. The van der Waals surface area contributed by atoms with Crippen LogP contribution in [0.5, 0.6) is 0 Å². The van der Waals surface area contributed by atoms with Crippen LogP contribution in [0, 0.1) is 5.92 Å². The third-order valence-electron chi connectivity index (χ3n) is 3.60. The lowest BCUT2D eigenvalue weighted by Crippen LogP contribution is -2.47. The molecule has 0 spiro atoms. The van der Waals surface area contributed by atoms with Gasteiger partial charge in [0.05, 0.1) is 0 Å². The molecule has 0 aliphatic carbocycles. The number of amides is 2. The fourth-order valence-electron chi connectivity index (χ4n) is 2.31. The first-order valence-corrected chi connectivity index (χ1v) is 7.05. The minimum absolute atomic E-state index is 0.00578. The average Bonchev–Trinajstić information content (AvgIpc) is 2.46. The fraction of sp³-hybridized carbons (Fsp3) is 0.857. The Morgan fingerprint density at radius 1 is 1.28 bits per heavy atom. The summed E-state index contributed by atoms with van der Waals surface area (Å²) in [6, 6.07) is -0.108. The van der Waals surface area contributed by atoms with Gasteiger partial charge in [-0.1, -0.05) is 20.8 Å². The summed E-state index contributed by atoms with van der Waals surface area (Å²) >= 11 is 0. The fourth-order valence-corrected chi connectivity index (χ4v) is 2.31. The molecule has 0 radical (unpaired) electrons. The molecule has 0 saturated carbocycles. The molecule has 4 heteroatoms. The van der Waals surface area contributed by atoms with Crippen molar-refractivity contribution in [2.24, 2.45) is 5.92 Å². The summed E-state index contributed by atoms with van der Waals surface area (Å²) in [7, 11) is 0. The second-order valence-corrected chi connectivity index (χ2v) is 5.63. The third-order valence-corrected chi connectivity index (χ3v) is 3.60. The first-order chi connectivity index (χ1) is 8.45. The number of nitrogens with zero attached hydrogens (tertiary/aromatic N) is 1. The van der Waals surface area contributed by atoms with Gasteiger partial charge < -0.3 is 10.2 Å². The highest BCUT2D eigenvalue weighted by atomic mass is 16.2. The van der Waals surface area contributed by atoms with Crippen molar-refractivity contribution in [3.05, 3.63) is 0 Å². The van der Waals surface area contributed by atoms with Gasteiger partial charge in [0.15, 0.2) is 0 Å². The highest BCUT2D eigenvalue weighted by molar-refractivity contribution is 5.90. The topological polar surface area (TPSA) is 49.4 Å². The maximum Gasteiger partial charge on any atom is 0.245 e. The van der Waals surface area contributed by atoms with Crippen LogP contribution < -0.4 is 5.32 Å². The molecule has 2 unspecified atom stereocenters. The second-order valence-electron chi connectivity index (χ2n) is 5.63. The lowest BCUT2D eigenvalue weighted by Gasteiger charge is -2.30. The van der Waals surface area contributed by atoms with E-state index in [4.69, 9.17) is 0 Å². The molecule has 2 atom stereocenters. The van der Waals surface area contributed by atoms with Crippen molar-refractivity contribution in [3.8, 4) is 0 Å². The number of nitrogens with one attached hydrogen (secondary N) is 1. The maximum atomic E-state index is 12.3. The predicted molar refractivity (Wildman–Crippen MR) is 72.1 cm³/mol. The molecule has 1 N–H and O–H groups in total. The van der Waals surface area contributed by atoms with Gasteiger partial charge in [-0.2, -0.15) is 0 Å². The van der Waals surface area contributed by atoms with Crippen LogP contribution in [-0.4, -0.2) is 35.3 Å². The Kier molecular flexibility index (Phi) is 5.63. The lowest BCUT2D eigenvalue weighted by atomic mass is 10.0. The molecule has 104 valence electrons. The molecule has 1 aliphatic heterocycles. The quantitative estimate of drug-likeness (QED) is 0.815. The van der Waals surface area contributed by atoms with E-state index < -0.39 is 0 Å². The molecule has 1 fully saturated rings. The summed E-state index contributed by atoms with van der Waals surface area (Å²) in [5, 5.41) is 2.80. The van der Waals surface area contributed by atoms with Gasteiger partial charge in [-0.25, -0.2) is 0 Å². The average molecular weight is 254 g/mol. The lowest BCUT2D eigenvalue weighted by molar-refractivity contribution is -0.135. The summed E-state index contributed by atoms with van der Waals surface area (Å²) in [6.07, 6.45) is 3.21. The molecule has 1 saturated heterocycles. The standard InChI is InChI=1S/C14H26N2O2/c1-5-12-14(18)16(9-8-13(17)15-12)11(4)7-6-10(2)3/h10-12H,5-9H2,1-4H3,(H,15,17). The molecular formula is C14H26N2O2. The monoisotopic (exact) mass is 254 g/mol. The molecule has 0 aromatic rings. The zero-order valence-corrected chi connectivity index (χ0v) is 12.0. The Morgan fingerprint density at radius 3 is 2.50 bits per heavy atom. The van der Waals surface area contributed by atoms with Crippen molar-refractivity contribution in [2.75, 3.05) is 6.54 Å². The van der Waals surface area contributed by atoms with Crippen LogP contribution in [0.2, 0.25) is 0 Å². The second kappa shape index (κ2) is 6.76. The minimum atomic E-state index is -0.332. The van der Waals surface area contributed by atoms with E-state index in [0.717, 1.165) is 12.8 Å². The minimum Gasteiger partial charge on any atom is -0.344 e. The summed E-state index contributed by atoms with van der Waals surface area (Å²) in [4.78, 5) is 25.7. The van der Waals surface area contributed by atoms with Crippen molar-refractivity contribution in [3.63, 3.8) is 0 Å². The van der Waals surface area contributed by atoms with Gasteiger partial charge in [0.2, 0.25) is 11.8 Å². The Bertz CT molecular complexity index is 302. The van der Waals surface area contributed by atoms with E-state index in [0.29, 0.717) is 25.3 Å². The van der Waals surface area contributed by atoms with Gasteiger partial charge in [-0.15, -0.1) is 0 Å². The number of hydrogen-bond donors (Lipinski definition) is 1. The first kappa shape index (κ1) is 15.0. The number of hydrogen-bond acceptors (Lipinski definition) is 2. The van der Waals surface area contributed by atoms with Crippen molar-refractivity contribution in [1.82, 2.24) is 10.2 Å². The smallest absolute Gasteiger partial charge is 0.245 e. The van der Waals surface area contributed by atoms with Crippen molar-refractivity contribution in [2.45, 2.75) is 65.5 Å². The summed E-state index contributed by atoms with van der Waals surface area (Å²) in [5.41, 5.74) is 0. The van der Waals surface area contributed by atoms with Gasteiger partial charge in [0, 0.05) is 19.0 Å². The summed E-state index contributed by atoms with van der Waals surface area (Å²) in [5.74, 6) is 0.727. The number of carbonyl (C=O) groups excluding carboxylic acids is 2. The van der Waals surface area contributed by atoms with Crippen LogP contribution in [0.15, 0.2) is 0 Å². The van der Waals surface area contributed by atoms with E-state index in [1.54, 1.807) is 0 Å². The van der Waals surface area contributed by atoms with E-state index in [2.05, 4.69) is 26.1 Å². The van der Waals surface area contributed by atoms with Gasteiger partial charge in [-0.05, 0) is 32.1 Å². The van der Waals surface area contributed by atoms with Gasteiger partial charge in [0.1, 0.15) is 6.04 Å². The van der Waals surface area contributed by atoms with E-state index in [9.17, 15) is 9.59 Å². The normalized spacial score (nSPS) is 22.9. The van der Waals surface area contributed by atoms with Gasteiger partial charge in [0.25, 0.3) is 0 Å². The van der Waals surface area contributed by atoms with Gasteiger partial charge in [-0.3, -0.25) is 9.59 Å². The van der Waals surface area contributed by atoms with Crippen LogP contribution in [0.25, 0.3) is 0 Å². The first-order valence-electron chi connectivity index (χ1n) is 7.05. The molecule has 1 heterocycles.